The number of aromatic nitrogens is 1. The van der Waals surface area contributed by atoms with Gasteiger partial charge in [-0.05, 0) is 55.7 Å². The summed E-state index contributed by atoms with van der Waals surface area (Å²) in [5.41, 5.74) is 5.62. The van der Waals surface area contributed by atoms with Gasteiger partial charge in [0.05, 0.1) is 6.54 Å². The number of carbonyl (C=O) groups is 2. The van der Waals surface area contributed by atoms with Crippen LogP contribution < -0.4 is 10.6 Å². The monoisotopic (exact) mass is 349 g/mol. The van der Waals surface area contributed by atoms with E-state index in [-0.39, 0.29) is 18.4 Å². The summed E-state index contributed by atoms with van der Waals surface area (Å²) in [6, 6.07) is 13.2. The van der Waals surface area contributed by atoms with Crippen LogP contribution in [-0.2, 0) is 11.2 Å². The molecule has 2 aromatic carbocycles. The van der Waals surface area contributed by atoms with Crippen LogP contribution in [0.2, 0.25) is 0 Å². The highest BCUT2D eigenvalue weighted by Gasteiger charge is 2.12. The maximum atomic E-state index is 12.4. The Balaban J connectivity index is 1.65. The molecule has 0 aliphatic heterocycles. The fraction of sp³-hybridized carbons (Fsp3) is 0.238. The van der Waals surface area contributed by atoms with Crippen LogP contribution in [-0.4, -0.2) is 23.3 Å². The van der Waals surface area contributed by atoms with Crippen molar-refractivity contribution < 1.29 is 9.59 Å². The van der Waals surface area contributed by atoms with E-state index in [2.05, 4.69) is 15.6 Å². The van der Waals surface area contributed by atoms with Gasteiger partial charge in [-0.15, -0.1) is 0 Å². The lowest BCUT2D eigenvalue weighted by molar-refractivity contribution is -0.115. The molecule has 0 saturated carbocycles. The molecule has 1 heterocycles. The van der Waals surface area contributed by atoms with E-state index >= 15 is 0 Å². The number of aryl methyl sites for hydroxylation is 3. The minimum Gasteiger partial charge on any atom is -0.358 e. The molecule has 0 aliphatic carbocycles. The zero-order valence-electron chi connectivity index (χ0n) is 15.3. The molecule has 0 radical (unpaired) electrons. The van der Waals surface area contributed by atoms with Crippen LogP contribution in [0.15, 0.2) is 42.5 Å². The second-order valence-corrected chi connectivity index (χ2v) is 6.38. The van der Waals surface area contributed by atoms with Crippen molar-refractivity contribution in [3.8, 4) is 0 Å². The van der Waals surface area contributed by atoms with Crippen LogP contribution >= 0.6 is 0 Å². The number of anilines is 1. The van der Waals surface area contributed by atoms with Crippen LogP contribution in [0, 0.1) is 13.8 Å². The molecule has 3 N–H and O–H groups in total. The van der Waals surface area contributed by atoms with Gasteiger partial charge in [-0.3, -0.25) is 9.59 Å². The number of rotatable bonds is 5. The first kappa shape index (κ1) is 17.7. The number of carbonyl (C=O) groups excluding carboxylic acids is 2. The first-order chi connectivity index (χ1) is 12.5. The van der Waals surface area contributed by atoms with Crippen LogP contribution in [0.3, 0.4) is 0 Å². The van der Waals surface area contributed by atoms with Gasteiger partial charge in [0, 0.05) is 27.8 Å². The van der Waals surface area contributed by atoms with Gasteiger partial charge < -0.3 is 15.6 Å². The fourth-order valence-corrected chi connectivity index (χ4v) is 3.01. The van der Waals surface area contributed by atoms with Crippen molar-refractivity contribution in [3.63, 3.8) is 0 Å². The van der Waals surface area contributed by atoms with E-state index in [1.54, 1.807) is 6.07 Å². The Morgan fingerprint density at radius 2 is 1.85 bits per heavy atom. The number of hydrogen-bond donors (Lipinski definition) is 3. The zero-order valence-corrected chi connectivity index (χ0v) is 15.3. The first-order valence-corrected chi connectivity index (χ1v) is 8.74. The minimum atomic E-state index is -0.260. The third kappa shape index (κ3) is 3.61. The van der Waals surface area contributed by atoms with E-state index in [0.717, 1.165) is 39.8 Å². The topological polar surface area (TPSA) is 74.0 Å². The standard InChI is InChI=1S/C21H23N3O2/c1-4-15-7-5-6-8-18(15)24-20(25)12-22-21(26)16-9-10-19-17(11-16)13(2)14(3)23-19/h5-11,23H,4,12H2,1-3H3,(H,22,26)(H,24,25). The summed E-state index contributed by atoms with van der Waals surface area (Å²) < 4.78 is 0. The highest BCUT2D eigenvalue weighted by Crippen LogP contribution is 2.22. The summed E-state index contributed by atoms with van der Waals surface area (Å²) in [6.07, 6.45) is 0.832. The van der Waals surface area contributed by atoms with Crippen molar-refractivity contribution in [2.75, 3.05) is 11.9 Å². The quantitative estimate of drug-likeness (QED) is 0.657. The molecule has 134 valence electrons. The third-order valence-corrected chi connectivity index (χ3v) is 4.65. The lowest BCUT2D eigenvalue weighted by Crippen LogP contribution is -2.33. The Morgan fingerprint density at radius 3 is 2.62 bits per heavy atom. The number of para-hydroxylation sites is 1. The van der Waals surface area contributed by atoms with Gasteiger partial charge >= 0.3 is 0 Å². The second kappa shape index (κ2) is 7.44. The highest BCUT2D eigenvalue weighted by atomic mass is 16.2. The minimum absolute atomic E-state index is 0.0694. The lowest BCUT2D eigenvalue weighted by atomic mass is 10.1. The average molecular weight is 349 g/mol. The van der Waals surface area contributed by atoms with E-state index in [1.165, 1.54) is 0 Å². The van der Waals surface area contributed by atoms with E-state index in [4.69, 9.17) is 0 Å². The second-order valence-electron chi connectivity index (χ2n) is 6.38. The predicted octanol–water partition coefficient (Wildman–Crippen LogP) is 3.72. The summed E-state index contributed by atoms with van der Waals surface area (Å²) in [7, 11) is 0. The van der Waals surface area contributed by atoms with Gasteiger partial charge in [0.25, 0.3) is 5.91 Å². The molecule has 5 nitrogen and oxygen atoms in total. The molecular weight excluding hydrogens is 326 g/mol. The lowest BCUT2D eigenvalue weighted by Gasteiger charge is -2.10. The van der Waals surface area contributed by atoms with Crippen LogP contribution in [0.1, 0.15) is 34.1 Å². The smallest absolute Gasteiger partial charge is 0.251 e. The third-order valence-electron chi connectivity index (χ3n) is 4.65. The number of aromatic amines is 1. The van der Waals surface area contributed by atoms with Crippen molar-refractivity contribution in [3.05, 3.63) is 64.8 Å². The molecule has 1 aromatic heterocycles. The van der Waals surface area contributed by atoms with Gasteiger partial charge in [0.1, 0.15) is 0 Å². The molecule has 0 atom stereocenters. The molecule has 0 spiro atoms. The fourth-order valence-electron chi connectivity index (χ4n) is 3.01. The van der Waals surface area contributed by atoms with E-state index in [1.807, 2.05) is 57.2 Å². The van der Waals surface area contributed by atoms with Gasteiger partial charge in [-0.2, -0.15) is 0 Å². The molecule has 3 aromatic rings. The largest absolute Gasteiger partial charge is 0.358 e. The SMILES string of the molecule is CCc1ccccc1NC(=O)CNC(=O)c1ccc2[nH]c(C)c(C)c2c1. The molecule has 3 rings (SSSR count). The van der Waals surface area contributed by atoms with Crippen LogP contribution in [0.4, 0.5) is 5.69 Å². The summed E-state index contributed by atoms with van der Waals surface area (Å²) in [5, 5.41) is 6.56. The number of benzene rings is 2. The molecular formula is C21H23N3O2. The Labute approximate surface area is 152 Å². The number of amides is 2. The summed E-state index contributed by atoms with van der Waals surface area (Å²) in [5.74, 6) is -0.502. The van der Waals surface area contributed by atoms with Crippen molar-refractivity contribution >= 4 is 28.4 Å². The highest BCUT2D eigenvalue weighted by molar-refractivity contribution is 6.02. The van der Waals surface area contributed by atoms with Crippen molar-refractivity contribution in [2.24, 2.45) is 0 Å². The molecule has 0 bridgehead atoms. The molecule has 0 aliphatic rings. The van der Waals surface area contributed by atoms with Crippen LogP contribution in [0.25, 0.3) is 10.9 Å². The molecule has 5 heteroatoms. The van der Waals surface area contributed by atoms with E-state index < -0.39 is 0 Å². The molecule has 0 fully saturated rings. The van der Waals surface area contributed by atoms with E-state index in [9.17, 15) is 9.59 Å². The maximum Gasteiger partial charge on any atom is 0.251 e. The number of hydrogen-bond acceptors (Lipinski definition) is 2. The van der Waals surface area contributed by atoms with Gasteiger partial charge in [0.2, 0.25) is 5.91 Å². The van der Waals surface area contributed by atoms with Gasteiger partial charge in [-0.1, -0.05) is 25.1 Å². The summed E-state index contributed by atoms with van der Waals surface area (Å²) in [4.78, 5) is 27.8. The number of nitrogens with one attached hydrogen (secondary N) is 3. The summed E-state index contributed by atoms with van der Waals surface area (Å²) in [6.45, 7) is 6.00. The van der Waals surface area contributed by atoms with Crippen molar-refractivity contribution in [1.29, 1.82) is 0 Å². The number of fused-ring (bicyclic) bond motifs is 1. The zero-order chi connectivity index (χ0) is 18.7. The Kier molecular flexibility index (Phi) is 5.07. The number of H-pyrrole nitrogens is 1. The predicted molar refractivity (Wildman–Crippen MR) is 105 cm³/mol. The van der Waals surface area contributed by atoms with Crippen LogP contribution in [0.5, 0.6) is 0 Å². The Bertz CT molecular complexity index is 973. The molecule has 0 saturated heterocycles. The molecule has 2 amide bonds. The summed E-state index contributed by atoms with van der Waals surface area (Å²) >= 11 is 0. The Morgan fingerprint density at radius 1 is 1.08 bits per heavy atom. The molecule has 0 unspecified atom stereocenters. The molecule has 26 heavy (non-hydrogen) atoms. The normalized spacial score (nSPS) is 10.7. The first-order valence-electron chi connectivity index (χ1n) is 8.74. The van der Waals surface area contributed by atoms with Gasteiger partial charge in [-0.25, -0.2) is 0 Å². The Hall–Kier alpha value is -3.08. The average Bonchev–Trinajstić information content (AvgIpc) is 2.94. The van der Waals surface area contributed by atoms with Crippen molar-refractivity contribution in [1.82, 2.24) is 10.3 Å². The van der Waals surface area contributed by atoms with E-state index in [0.29, 0.717) is 5.56 Å². The maximum absolute atomic E-state index is 12.4. The van der Waals surface area contributed by atoms with Crippen molar-refractivity contribution in [2.45, 2.75) is 27.2 Å². The van der Waals surface area contributed by atoms with Gasteiger partial charge in [0.15, 0.2) is 0 Å².